The Kier molecular flexibility index (Phi) is 11.8. The minimum Gasteiger partial charge on any atom is -0.357 e. The molecule has 0 spiro atoms. The van der Waals surface area contributed by atoms with Gasteiger partial charge < -0.3 is 10.6 Å². The number of piperidine rings is 1. The first kappa shape index (κ1) is 26.1. The molecule has 0 radical (unpaired) electrons. The highest BCUT2D eigenvalue weighted by molar-refractivity contribution is 14.0. The first-order valence-corrected chi connectivity index (χ1v) is 13.4. The van der Waals surface area contributed by atoms with E-state index in [1.807, 2.05) is 6.92 Å². The van der Waals surface area contributed by atoms with E-state index in [9.17, 15) is 12.6 Å². The van der Waals surface area contributed by atoms with Crippen LogP contribution in [0.3, 0.4) is 0 Å². The van der Waals surface area contributed by atoms with Crippen LogP contribution in [0, 0.1) is 5.92 Å². The second-order valence-electron chi connectivity index (χ2n) is 7.62. The summed E-state index contributed by atoms with van der Waals surface area (Å²) in [6, 6.07) is 0.323. The van der Waals surface area contributed by atoms with E-state index in [2.05, 4.69) is 17.6 Å². The molecule has 10 heteroatoms. The molecular weight excluding hydrogens is 511 g/mol. The first-order chi connectivity index (χ1) is 12.8. The predicted molar refractivity (Wildman–Crippen MR) is 128 cm³/mol. The number of rotatable bonds is 7. The summed E-state index contributed by atoms with van der Waals surface area (Å²) in [6.07, 6.45) is 7.20. The van der Waals surface area contributed by atoms with Crippen LogP contribution >= 0.6 is 24.0 Å². The molecule has 1 saturated heterocycles. The van der Waals surface area contributed by atoms with Gasteiger partial charge in [-0.2, -0.15) is 0 Å². The molecule has 0 bridgehead atoms. The molecular formula is C18H37IN4O3S2. The lowest BCUT2D eigenvalue weighted by Crippen LogP contribution is -2.47. The first-order valence-electron chi connectivity index (χ1n) is 10.2. The predicted octanol–water partition coefficient (Wildman–Crippen LogP) is 1.91. The van der Waals surface area contributed by atoms with E-state index in [0.29, 0.717) is 36.8 Å². The average molecular weight is 549 g/mol. The van der Waals surface area contributed by atoms with Crippen molar-refractivity contribution in [1.82, 2.24) is 14.9 Å². The molecule has 1 aliphatic heterocycles. The van der Waals surface area contributed by atoms with Crippen LogP contribution in [-0.4, -0.2) is 72.4 Å². The minimum atomic E-state index is -3.08. The third-order valence-corrected chi connectivity index (χ3v) is 8.56. The van der Waals surface area contributed by atoms with Gasteiger partial charge in [0.05, 0.1) is 6.26 Å². The van der Waals surface area contributed by atoms with E-state index in [1.54, 1.807) is 4.31 Å². The van der Waals surface area contributed by atoms with Gasteiger partial charge >= 0.3 is 0 Å². The van der Waals surface area contributed by atoms with E-state index < -0.39 is 20.8 Å². The number of guanidine groups is 1. The van der Waals surface area contributed by atoms with Gasteiger partial charge in [0, 0.05) is 54.0 Å². The number of aliphatic imine (C=N–C) groups is 1. The number of sulfonamides is 1. The molecule has 2 fully saturated rings. The van der Waals surface area contributed by atoms with Crippen LogP contribution in [0.5, 0.6) is 0 Å². The highest BCUT2D eigenvalue weighted by atomic mass is 127. The molecule has 28 heavy (non-hydrogen) atoms. The zero-order chi connectivity index (χ0) is 19.9. The second-order valence-corrected chi connectivity index (χ2v) is 11.6. The van der Waals surface area contributed by atoms with Crippen LogP contribution in [0.25, 0.3) is 0 Å². The Morgan fingerprint density at radius 1 is 1.18 bits per heavy atom. The molecule has 1 saturated carbocycles. The van der Waals surface area contributed by atoms with Gasteiger partial charge in [-0.15, -0.1) is 24.0 Å². The molecule has 1 heterocycles. The molecule has 1 aliphatic carbocycles. The second kappa shape index (κ2) is 12.7. The van der Waals surface area contributed by atoms with Crippen molar-refractivity contribution in [2.24, 2.45) is 10.9 Å². The van der Waals surface area contributed by atoms with E-state index in [0.717, 1.165) is 56.8 Å². The van der Waals surface area contributed by atoms with Crippen LogP contribution in [0.2, 0.25) is 0 Å². The van der Waals surface area contributed by atoms with Gasteiger partial charge in [0.15, 0.2) is 5.96 Å². The van der Waals surface area contributed by atoms with Crippen molar-refractivity contribution in [3.8, 4) is 0 Å². The van der Waals surface area contributed by atoms with Crippen molar-refractivity contribution in [2.45, 2.75) is 63.7 Å². The Bertz CT molecular complexity index is 622. The normalized spacial score (nSPS) is 26.3. The summed E-state index contributed by atoms with van der Waals surface area (Å²) in [6.45, 7) is 6.75. The van der Waals surface area contributed by atoms with Gasteiger partial charge in [-0.25, -0.2) is 12.7 Å². The summed E-state index contributed by atoms with van der Waals surface area (Å²) in [5.41, 5.74) is 0. The fourth-order valence-electron chi connectivity index (χ4n) is 3.91. The molecule has 0 aromatic rings. The molecule has 0 amide bonds. The smallest absolute Gasteiger partial charge is 0.211 e. The zero-order valence-corrected chi connectivity index (χ0v) is 21.3. The molecule has 0 aromatic heterocycles. The van der Waals surface area contributed by atoms with Crippen LogP contribution < -0.4 is 10.6 Å². The molecule has 166 valence electrons. The van der Waals surface area contributed by atoms with Crippen molar-refractivity contribution in [3.63, 3.8) is 0 Å². The van der Waals surface area contributed by atoms with Gasteiger partial charge in [0.2, 0.25) is 10.0 Å². The Labute approximate surface area is 190 Å². The highest BCUT2D eigenvalue weighted by Gasteiger charge is 2.27. The van der Waals surface area contributed by atoms with Crippen LogP contribution in [0.15, 0.2) is 4.99 Å². The van der Waals surface area contributed by atoms with Gasteiger partial charge in [-0.05, 0) is 44.9 Å². The molecule has 3 atom stereocenters. The molecule has 3 unspecified atom stereocenters. The maximum Gasteiger partial charge on any atom is 0.211 e. The maximum atomic E-state index is 12.1. The minimum absolute atomic E-state index is 0. The quantitative estimate of drug-likeness (QED) is 0.288. The summed E-state index contributed by atoms with van der Waals surface area (Å²) in [4.78, 5) is 4.76. The van der Waals surface area contributed by atoms with Crippen molar-refractivity contribution in [1.29, 1.82) is 0 Å². The Morgan fingerprint density at radius 3 is 2.43 bits per heavy atom. The van der Waals surface area contributed by atoms with Gasteiger partial charge in [-0.3, -0.25) is 9.20 Å². The number of halogens is 1. The lowest BCUT2D eigenvalue weighted by atomic mass is 9.95. The van der Waals surface area contributed by atoms with E-state index >= 15 is 0 Å². The molecule has 2 aliphatic rings. The molecule has 2 rings (SSSR count). The van der Waals surface area contributed by atoms with Crippen molar-refractivity contribution in [3.05, 3.63) is 0 Å². The lowest BCUT2D eigenvalue weighted by Gasteiger charge is -2.31. The maximum absolute atomic E-state index is 12.1. The number of nitrogens with one attached hydrogen (secondary N) is 2. The Morgan fingerprint density at radius 2 is 1.86 bits per heavy atom. The lowest BCUT2D eigenvalue weighted by molar-refractivity contribution is 0.280. The van der Waals surface area contributed by atoms with Crippen LogP contribution in [0.4, 0.5) is 0 Å². The summed E-state index contributed by atoms with van der Waals surface area (Å²) in [5, 5.41) is 7.15. The monoisotopic (exact) mass is 548 g/mol. The summed E-state index contributed by atoms with van der Waals surface area (Å²) < 4.78 is 36.9. The number of nitrogens with zero attached hydrogens (tertiary/aromatic N) is 2. The summed E-state index contributed by atoms with van der Waals surface area (Å²) in [5.74, 6) is 1.98. The fourth-order valence-corrected chi connectivity index (χ4v) is 6.13. The van der Waals surface area contributed by atoms with Gasteiger partial charge in [-0.1, -0.05) is 13.3 Å². The van der Waals surface area contributed by atoms with E-state index in [4.69, 9.17) is 4.99 Å². The molecule has 2 N–H and O–H groups in total. The topological polar surface area (TPSA) is 90.9 Å². The Hall–Kier alpha value is 0.0600. The third-order valence-electron chi connectivity index (χ3n) is 5.52. The van der Waals surface area contributed by atoms with Gasteiger partial charge in [0.1, 0.15) is 0 Å². The van der Waals surface area contributed by atoms with Crippen molar-refractivity contribution in [2.75, 3.05) is 38.2 Å². The summed E-state index contributed by atoms with van der Waals surface area (Å²) >= 11 is 0. The fraction of sp³-hybridized carbons (Fsp3) is 0.944. The number of hydrogen-bond acceptors (Lipinski definition) is 4. The third kappa shape index (κ3) is 8.43. The van der Waals surface area contributed by atoms with Gasteiger partial charge in [0.25, 0.3) is 0 Å². The zero-order valence-electron chi connectivity index (χ0n) is 17.4. The SMILES string of the molecule is CCNC(=NCC1CCN(S(C)(=O)=O)CC1)NC1CCCC(S(=O)CC)C1.I. The molecule has 0 aromatic carbocycles. The highest BCUT2D eigenvalue weighted by Crippen LogP contribution is 2.23. The van der Waals surface area contributed by atoms with Crippen molar-refractivity contribution < 1.29 is 12.6 Å². The standard InChI is InChI=1S/C18H36N4O3S2.HI/c1-4-19-18(21-16-7-6-8-17(13-16)26(23)5-2)20-14-15-9-11-22(12-10-15)27(3,24)25;/h15-17H,4-14H2,1-3H3,(H2,19,20,21);1H. The number of hydrogen-bond donors (Lipinski definition) is 2. The van der Waals surface area contributed by atoms with E-state index in [1.165, 1.54) is 6.26 Å². The van der Waals surface area contributed by atoms with Crippen LogP contribution in [0.1, 0.15) is 52.4 Å². The molecule has 7 nitrogen and oxygen atoms in total. The Balaban J connectivity index is 0.00000392. The van der Waals surface area contributed by atoms with E-state index in [-0.39, 0.29) is 24.0 Å². The van der Waals surface area contributed by atoms with Crippen molar-refractivity contribution >= 4 is 50.8 Å². The van der Waals surface area contributed by atoms with Crippen LogP contribution in [-0.2, 0) is 20.8 Å². The average Bonchev–Trinajstić information content (AvgIpc) is 2.65. The summed E-state index contributed by atoms with van der Waals surface area (Å²) in [7, 11) is -3.80. The largest absolute Gasteiger partial charge is 0.357 e.